The molecule has 0 fully saturated rings. The summed E-state index contributed by atoms with van der Waals surface area (Å²) in [6, 6.07) is 12.3. The quantitative estimate of drug-likeness (QED) is 0.846. The van der Waals surface area contributed by atoms with Crippen LogP contribution in [0.3, 0.4) is 0 Å². The summed E-state index contributed by atoms with van der Waals surface area (Å²) in [5, 5.41) is 0. The second-order valence-electron chi connectivity index (χ2n) is 6.46. The minimum atomic E-state index is 0.174. The molecule has 0 saturated heterocycles. The van der Waals surface area contributed by atoms with Crippen LogP contribution in [0.1, 0.15) is 42.0 Å². The van der Waals surface area contributed by atoms with E-state index < -0.39 is 0 Å². The van der Waals surface area contributed by atoms with Crippen LogP contribution in [0.5, 0.6) is 5.75 Å². The van der Waals surface area contributed by atoms with Crippen LogP contribution in [0.15, 0.2) is 36.4 Å². The highest BCUT2D eigenvalue weighted by Crippen LogP contribution is 2.33. The Morgan fingerprint density at radius 1 is 1.22 bits per heavy atom. The molecule has 2 aromatic carbocycles. The molecule has 2 aromatic rings. The molecule has 0 aliphatic carbocycles. The van der Waals surface area contributed by atoms with Crippen LogP contribution in [-0.4, -0.2) is 13.0 Å². The number of methoxy groups -OCH3 is 1. The van der Waals surface area contributed by atoms with Crippen molar-refractivity contribution in [1.82, 2.24) is 0 Å². The average molecular weight is 309 g/mol. The number of hydrogen-bond acceptors (Lipinski definition) is 2. The predicted molar refractivity (Wildman–Crippen MR) is 93.2 cm³/mol. The van der Waals surface area contributed by atoms with Crippen molar-refractivity contribution in [1.29, 1.82) is 0 Å². The largest absolute Gasteiger partial charge is 0.496 e. The molecule has 23 heavy (non-hydrogen) atoms. The number of nitrogens with zero attached hydrogens (tertiary/aromatic N) is 1. The lowest BCUT2D eigenvalue weighted by atomic mass is 9.96. The van der Waals surface area contributed by atoms with E-state index in [-0.39, 0.29) is 5.91 Å². The van der Waals surface area contributed by atoms with Crippen LogP contribution in [0, 0.1) is 6.92 Å². The topological polar surface area (TPSA) is 29.5 Å². The fourth-order valence-electron chi connectivity index (χ4n) is 3.20. The van der Waals surface area contributed by atoms with Gasteiger partial charge in [0, 0.05) is 5.69 Å². The highest BCUT2D eigenvalue weighted by molar-refractivity contribution is 6.01. The Balaban J connectivity index is 1.97. The van der Waals surface area contributed by atoms with Gasteiger partial charge in [0.1, 0.15) is 5.75 Å². The van der Waals surface area contributed by atoms with Crippen molar-refractivity contribution in [2.75, 3.05) is 12.0 Å². The van der Waals surface area contributed by atoms with Gasteiger partial charge >= 0.3 is 0 Å². The van der Waals surface area contributed by atoms with E-state index in [0.29, 0.717) is 18.9 Å². The minimum absolute atomic E-state index is 0.174. The van der Waals surface area contributed by atoms with E-state index >= 15 is 0 Å². The molecule has 0 saturated carbocycles. The molecule has 0 unspecified atom stereocenters. The van der Waals surface area contributed by atoms with Crippen molar-refractivity contribution in [2.45, 2.75) is 39.7 Å². The fourth-order valence-corrected chi connectivity index (χ4v) is 3.20. The highest BCUT2D eigenvalue weighted by atomic mass is 16.5. The molecule has 1 aliphatic rings. The first-order valence-electron chi connectivity index (χ1n) is 8.07. The van der Waals surface area contributed by atoms with Crippen LogP contribution in [-0.2, 0) is 17.8 Å². The molecule has 0 aromatic heterocycles. The van der Waals surface area contributed by atoms with Gasteiger partial charge in [0.2, 0.25) is 5.91 Å². The van der Waals surface area contributed by atoms with Crippen molar-refractivity contribution in [3.05, 3.63) is 58.7 Å². The first kappa shape index (κ1) is 15.6. The number of anilines is 1. The number of para-hydroxylation sites is 1. The number of carbonyl (C=O) groups excluding carboxylic acids is 1. The second-order valence-corrected chi connectivity index (χ2v) is 6.46. The zero-order valence-electron chi connectivity index (χ0n) is 14.2. The lowest BCUT2D eigenvalue weighted by Gasteiger charge is -2.21. The summed E-state index contributed by atoms with van der Waals surface area (Å²) >= 11 is 0. The molecule has 1 aliphatic heterocycles. The van der Waals surface area contributed by atoms with Crippen molar-refractivity contribution in [3.8, 4) is 5.75 Å². The van der Waals surface area contributed by atoms with Gasteiger partial charge in [-0.2, -0.15) is 0 Å². The Kier molecular flexibility index (Phi) is 4.12. The summed E-state index contributed by atoms with van der Waals surface area (Å²) in [5.74, 6) is 1.48. The SMILES string of the molecule is COc1cc(C)c(CN2C(=O)Cc3ccccc32)cc1C(C)C. The van der Waals surface area contributed by atoms with E-state index in [2.05, 4.69) is 32.9 Å². The molecule has 1 heterocycles. The van der Waals surface area contributed by atoms with Gasteiger partial charge in [-0.3, -0.25) is 4.79 Å². The van der Waals surface area contributed by atoms with E-state index in [0.717, 1.165) is 22.6 Å². The number of aryl methyl sites for hydroxylation is 1. The Morgan fingerprint density at radius 3 is 2.65 bits per heavy atom. The number of fused-ring (bicyclic) bond motifs is 1. The zero-order valence-corrected chi connectivity index (χ0v) is 14.2. The average Bonchev–Trinajstić information content (AvgIpc) is 2.84. The number of hydrogen-bond donors (Lipinski definition) is 0. The molecular formula is C20H23NO2. The maximum absolute atomic E-state index is 12.4. The van der Waals surface area contributed by atoms with Gasteiger partial charge in [0.15, 0.2) is 0 Å². The fraction of sp³-hybridized carbons (Fsp3) is 0.350. The number of rotatable bonds is 4. The van der Waals surface area contributed by atoms with E-state index in [1.807, 2.05) is 29.2 Å². The van der Waals surface area contributed by atoms with Crippen molar-refractivity contribution < 1.29 is 9.53 Å². The Labute approximate surface area is 137 Å². The smallest absolute Gasteiger partial charge is 0.231 e. The summed E-state index contributed by atoms with van der Waals surface area (Å²) in [7, 11) is 1.71. The van der Waals surface area contributed by atoms with Gasteiger partial charge in [0.25, 0.3) is 0 Å². The van der Waals surface area contributed by atoms with E-state index in [1.165, 1.54) is 11.1 Å². The van der Waals surface area contributed by atoms with Crippen molar-refractivity contribution in [3.63, 3.8) is 0 Å². The predicted octanol–water partition coefficient (Wildman–Crippen LogP) is 4.22. The minimum Gasteiger partial charge on any atom is -0.496 e. The normalized spacial score (nSPS) is 13.6. The van der Waals surface area contributed by atoms with Crippen molar-refractivity contribution >= 4 is 11.6 Å². The molecule has 0 atom stereocenters. The molecule has 3 rings (SSSR count). The molecule has 1 amide bonds. The van der Waals surface area contributed by atoms with Gasteiger partial charge in [-0.05, 0) is 53.3 Å². The Bertz CT molecular complexity index is 749. The summed E-state index contributed by atoms with van der Waals surface area (Å²) in [5.41, 5.74) is 5.68. The number of carbonyl (C=O) groups is 1. The number of ether oxygens (including phenoxy) is 1. The molecule has 3 heteroatoms. The van der Waals surface area contributed by atoms with Gasteiger partial charge in [-0.1, -0.05) is 32.0 Å². The molecule has 0 radical (unpaired) electrons. The summed E-state index contributed by atoms with van der Waals surface area (Å²) in [6.07, 6.45) is 0.502. The molecule has 120 valence electrons. The van der Waals surface area contributed by atoms with Crippen LogP contribution < -0.4 is 9.64 Å². The second kappa shape index (κ2) is 6.07. The molecular weight excluding hydrogens is 286 g/mol. The highest BCUT2D eigenvalue weighted by Gasteiger charge is 2.27. The summed E-state index contributed by atoms with van der Waals surface area (Å²) in [4.78, 5) is 14.3. The summed E-state index contributed by atoms with van der Waals surface area (Å²) in [6.45, 7) is 7.01. The molecule has 0 bridgehead atoms. The van der Waals surface area contributed by atoms with E-state index in [9.17, 15) is 4.79 Å². The first-order chi connectivity index (χ1) is 11.0. The lowest BCUT2D eigenvalue weighted by molar-refractivity contribution is -0.117. The summed E-state index contributed by atoms with van der Waals surface area (Å²) < 4.78 is 5.51. The maximum atomic E-state index is 12.4. The monoisotopic (exact) mass is 309 g/mol. The van der Waals surface area contributed by atoms with Gasteiger partial charge in [-0.15, -0.1) is 0 Å². The first-order valence-corrected chi connectivity index (χ1v) is 8.07. The third-order valence-corrected chi connectivity index (χ3v) is 4.56. The van der Waals surface area contributed by atoms with Gasteiger partial charge in [-0.25, -0.2) is 0 Å². The van der Waals surface area contributed by atoms with Crippen LogP contribution in [0.2, 0.25) is 0 Å². The van der Waals surface area contributed by atoms with Crippen molar-refractivity contribution in [2.24, 2.45) is 0 Å². The van der Waals surface area contributed by atoms with E-state index in [4.69, 9.17) is 4.74 Å². The zero-order chi connectivity index (χ0) is 16.6. The van der Waals surface area contributed by atoms with Crippen LogP contribution in [0.4, 0.5) is 5.69 Å². The third kappa shape index (κ3) is 2.83. The Hall–Kier alpha value is -2.29. The molecule has 0 spiro atoms. The van der Waals surface area contributed by atoms with E-state index in [1.54, 1.807) is 7.11 Å². The number of amides is 1. The number of benzene rings is 2. The molecule has 3 nitrogen and oxygen atoms in total. The third-order valence-electron chi connectivity index (χ3n) is 4.56. The lowest BCUT2D eigenvalue weighted by Crippen LogP contribution is -2.26. The molecule has 0 N–H and O–H groups in total. The standard InChI is InChI=1S/C20H23NO2/c1-13(2)17-10-16(14(3)9-19(17)23-4)12-21-18-8-6-5-7-15(18)11-20(21)22/h5-10,13H,11-12H2,1-4H3. The Morgan fingerprint density at radius 2 is 1.96 bits per heavy atom. The van der Waals surface area contributed by atoms with Crippen LogP contribution in [0.25, 0.3) is 0 Å². The maximum Gasteiger partial charge on any atom is 0.231 e. The van der Waals surface area contributed by atoms with Crippen LogP contribution >= 0.6 is 0 Å². The van der Waals surface area contributed by atoms with Gasteiger partial charge in [0.05, 0.1) is 20.1 Å². The van der Waals surface area contributed by atoms with Gasteiger partial charge < -0.3 is 9.64 Å².